The number of anilines is 1. The lowest BCUT2D eigenvalue weighted by Gasteiger charge is -2.26. The Hall–Kier alpha value is -3.32. The van der Waals surface area contributed by atoms with Gasteiger partial charge in [0.2, 0.25) is 5.28 Å². The number of nitrogens with zero attached hydrogens (tertiary/aromatic N) is 4. The maximum absolute atomic E-state index is 14.2. The number of rotatable bonds is 10. The number of nitrogens with one attached hydrogen (secondary N) is 1. The van der Waals surface area contributed by atoms with E-state index < -0.39 is 32.0 Å². The topological polar surface area (TPSA) is 173 Å². The maximum atomic E-state index is 14.2. The van der Waals surface area contributed by atoms with Gasteiger partial charge in [-0.05, 0) is 35.4 Å². The Bertz CT molecular complexity index is 1760. The van der Waals surface area contributed by atoms with Crippen LogP contribution in [0.15, 0.2) is 48.8 Å². The first-order valence-corrected chi connectivity index (χ1v) is 16.1. The van der Waals surface area contributed by atoms with Gasteiger partial charge in [0.05, 0.1) is 37.8 Å². The van der Waals surface area contributed by atoms with Crippen molar-refractivity contribution < 1.29 is 33.0 Å². The van der Waals surface area contributed by atoms with Crippen molar-refractivity contribution >= 4 is 53.1 Å². The number of hydrogen-bond acceptors (Lipinski definition) is 11. The van der Waals surface area contributed by atoms with Crippen LogP contribution >= 0.6 is 19.3 Å². The fraction of sp³-hybridized carbons (Fsp3) is 0.448. The third kappa shape index (κ3) is 6.13. The van der Waals surface area contributed by atoms with Gasteiger partial charge in [0.15, 0.2) is 11.5 Å². The number of nitrogens with two attached hydrogens (primary N) is 1. The molecule has 4 aromatic rings. The van der Waals surface area contributed by atoms with Gasteiger partial charge in [-0.15, -0.1) is 0 Å². The number of aliphatic hydroxyl groups is 1. The van der Waals surface area contributed by atoms with E-state index in [4.69, 9.17) is 35.9 Å². The van der Waals surface area contributed by atoms with Gasteiger partial charge >= 0.3 is 13.7 Å². The Balaban J connectivity index is 1.17. The molecule has 15 heteroatoms. The summed E-state index contributed by atoms with van der Waals surface area (Å²) in [5.41, 5.74) is 6.52. The first-order chi connectivity index (χ1) is 20.8. The van der Waals surface area contributed by atoms with E-state index in [0.717, 1.165) is 5.39 Å². The van der Waals surface area contributed by atoms with Gasteiger partial charge in [0.25, 0.3) is 0 Å². The highest BCUT2D eigenvalue weighted by atomic mass is 35.5. The predicted molar refractivity (Wildman–Crippen MR) is 163 cm³/mol. The van der Waals surface area contributed by atoms with Gasteiger partial charge in [-0.25, -0.2) is 9.55 Å². The van der Waals surface area contributed by atoms with E-state index in [1.807, 2.05) is 51.1 Å². The van der Waals surface area contributed by atoms with Gasteiger partial charge in [-0.3, -0.25) is 9.32 Å². The maximum Gasteiger partial charge on any atom is 0.459 e. The molecule has 1 aliphatic carbocycles. The molecule has 0 radical (unpaired) electrons. The molecule has 2 aliphatic rings. The normalized spacial score (nSPS) is 25.0. The molecule has 3 heterocycles. The van der Waals surface area contributed by atoms with E-state index in [1.54, 1.807) is 23.0 Å². The van der Waals surface area contributed by atoms with Crippen LogP contribution in [0.25, 0.3) is 21.9 Å². The molecule has 4 unspecified atom stereocenters. The lowest BCUT2D eigenvalue weighted by molar-refractivity contribution is -0.148. The molecule has 6 rings (SSSR count). The Kier molecular flexibility index (Phi) is 8.06. The van der Waals surface area contributed by atoms with Gasteiger partial charge in [-0.1, -0.05) is 57.2 Å². The van der Waals surface area contributed by atoms with Crippen molar-refractivity contribution in [1.82, 2.24) is 24.6 Å². The molecule has 0 amide bonds. The number of fused-ring (bicyclic) bond motifs is 3. The number of aromatic nitrogens is 4. The van der Waals surface area contributed by atoms with Crippen LogP contribution in [0.2, 0.25) is 5.28 Å². The molecule has 7 atom stereocenters. The molecule has 2 aromatic heterocycles. The van der Waals surface area contributed by atoms with Crippen molar-refractivity contribution in [3.05, 3.63) is 54.1 Å². The van der Waals surface area contributed by atoms with Crippen LogP contribution in [0.3, 0.4) is 0 Å². The monoisotopic (exact) mass is 644 g/mol. The fourth-order valence-corrected chi connectivity index (χ4v) is 7.06. The van der Waals surface area contributed by atoms with Crippen molar-refractivity contribution in [2.45, 2.75) is 58.1 Å². The van der Waals surface area contributed by atoms with Crippen LogP contribution < -0.4 is 15.3 Å². The second-order valence-electron chi connectivity index (χ2n) is 12.3. The Morgan fingerprint density at radius 3 is 2.70 bits per heavy atom. The number of esters is 1. The van der Waals surface area contributed by atoms with Gasteiger partial charge in [-0.2, -0.15) is 15.1 Å². The zero-order valence-corrected chi connectivity index (χ0v) is 26.2. The molecule has 1 aliphatic heterocycles. The highest BCUT2D eigenvalue weighted by Gasteiger charge is 2.65. The van der Waals surface area contributed by atoms with E-state index >= 15 is 0 Å². The van der Waals surface area contributed by atoms with Crippen LogP contribution in [0.4, 0.5) is 5.82 Å². The Morgan fingerprint density at radius 2 is 1.98 bits per heavy atom. The van der Waals surface area contributed by atoms with E-state index in [0.29, 0.717) is 22.3 Å². The third-order valence-electron chi connectivity index (χ3n) is 7.55. The Morgan fingerprint density at radius 1 is 1.23 bits per heavy atom. The summed E-state index contributed by atoms with van der Waals surface area (Å²) in [5, 5.41) is 15.4. The SMILES string of the molecule is C[C@H](NP(=O)(OC[C@H]1OC2C(C1O)[C@@H]2n1cnc2c(N)nc(Cl)nc21)Oc1cccc2ccccc12)C(=O)OCC(C)(C)C. The average molecular weight is 645 g/mol. The highest BCUT2D eigenvalue weighted by Crippen LogP contribution is 2.56. The standard InChI is InChI=1S/C29H34ClN6O7P/c1-15(27(38)40-13-29(2,3)4)35-44(39,43-18-11-7-9-16-8-5-6-10-17(16)18)41-12-19-23(37)20-22(24(20)42-19)36-14-32-21-25(31)33-28(30)34-26(21)36/h5-11,14-15,19-20,22-24,37H,12-13H2,1-4H3,(H,35,39)(H2,31,33,34)/t15-,19+,20?,22-,23?,24?,44?/m0/s1. The first kappa shape index (κ1) is 30.7. The van der Waals surface area contributed by atoms with E-state index in [-0.39, 0.29) is 47.8 Å². The lowest BCUT2D eigenvalue weighted by atomic mass is 9.99. The lowest BCUT2D eigenvalue weighted by Crippen LogP contribution is -2.38. The molecule has 1 saturated heterocycles. The third-order valence-corrected chi connectivity index (χ3v) is 9.35. The fourth-order valence-electron chi connectivity index (χ4n) is 5.37. The van der Waals surface area contributed by atoms with Gasteiger partial charge < -0.3 is 29.4 Å². The second kappa shape index (κ2) is 11.6. The minimum Gasteiger partial charge on any atom is -0.464 e. The predicted octanol–water partition coefficient (Wildman–Crippen LogP) is 4.29. The number of hydrogen-bond donors (Lipinski definition) is 3. The van der Waals surface area contributed by atoms with Crippen molar-refractivity contribution in [2.75, 3.05) is 18.9 Å². The number of halogens is 1. The van der Waals surface area contributed by atoms with E-state index in [2.05, 4.69) is 20.0 Å². The van der Waals surface area contributed by atoms with Gasteiger partial charge in [0.1, 0.15) is 23.4 Å². The molecule has 0 bridgehead atoms. The number of ether oxygens (including phenoxy) is 2. The highest BCUT2D eigenvalue weighted by molar-refractivity contribution is 7.52. The van der Waals surface area contributed by atoms with Crippen molar-refractivity contribution in [2.24, 2.45) is 11.3 Å². The van der Waals surface area contributed by atoms with Crippen molar-refractivity contribution in [3.8, 4) is 5.75 Å². The molecule has 1 saturated carbocycles. The number of imidazole rings is 1. The largest absolute Gasteiger partial charge is 0.464 e. The smallest absolute Gasteiger partial charge is 0.459 e. The minimum absolute atomic E-state index is 0.0127. The molecular weight excluding hydrogens is 611 g/mol. The summed E-state index contributed by atoms with van der Waals surface area (Å²) in [6.07, 6.45) is -0.582. The molecule has 234 valence electrons. The van der Waals surface area contributed by atoms with E-state index in [9.17, 15) is 14.5 Å². The molecule has 2 fully saturated rings. The summed E-state index contributed by atoms with van der Waals surface area (Å²) in [5.74, 6) is -0.447. The summed E-state index contributed by atoms with van der Waals surface area (Å²) in [7, 11) is -4.21. The molecule has 0 spiro atoms. The number of aliphatic hydroxyl groups excluding tert-OH is 1. The molecule has 2 aromatic carbocycles. The number of carbonyl (C=O) groups is 1. The first-order valence-electron chi connectivity index (χ1n) is 14.2. The minimum atomic E-state index is -4.21. The van der Waals surface area contributed by atoms with Crippen LogP contribution in [-0.2, 0) is 23.4 Å². The summed E-state index contributed by atoms with van der Waals surface area (Å²) >= 11 is 6.00. The molecule has 13 nitrogen and oxygen atoms in total. The average Bonchev–Trinajstić information content (AvgIpc) is 3.33. The number of benzene rings is 2. The zero-order chi connectivity index (χ0) is 31.4. The summed E-state index contributed by atoms with van der Waals surface area (Å²) < 4.78 is 39.3. The summed E-state index contributed by atoms with van der Waals surface area (Å²) in [6.45, 7) is 7.23. The molecular formula is C29H34ClN6O7P. The quantitative estimate of drug-likeness (QED) is 0.127. The van der Waals surface area contributed by atoms with Crippen molar-refractivity contribution in [1.29, 1.82) is 0 Å². The van der Waals surface area contributed by atoms with Crippen LogP contribution in [0.5, 0.6) is 5.75 Å². The van der Waals surface area contributed by atoms with Crippen LogP contribution in [-0.4, -0.2) is 68.2 Å². The van der Waals surface area contributed by atoms with Crippen LogP contribution in [0.1, 0.15) is 33.7 Å². The van der Waals surface area contributed by atoms with E-state index in [1.165, 1.54) is 6.92 Å². The number of nitrogen functional groups attached to an aromatic ring is 1. The zero-order valence-electron chi connectivity index (χ0n) is 24.6. The van der Waals surface area contributed by atoms with Crippen LogP contribution in [0, 0.1) is 11.3 Å². The Labute approximate surface area is 258 Å². The summed E-state index contributed by atoms with van der Waals surface area (Å²) in [4.78, 5) is 25.2. The van der Waals surface area contributed by atoms with Crippen molar-refractivity contribution in [3.63, 3.8) is 0 Å². The van der Waals surface area contributed by atoms with Gasteiger partial charge in [0, 0.05) is 11.3 Å². The molecule has 44 heavy (non-hydrogen) atoms. The molecule has 4 N–H and O–H groups in total. The number of carbonyl (C=O) groups excluding carboxylic acids is 1. The second-order valence-corrected chi connectivity index (χ2v) is 14.3. The summed E-state index contributed by atoms with van der Waals surface area (Å²) in [6, 6.07) is 11.5.